The molecule has 0 amide bonds. The van der Waals surface area contributed by atoms with Crippen LogP contribution in [0.2, 0.25) is 10.0 Å². The maximum Gasteiger partial charge on any atom is 0.312 e. The predicted molar refractivity (Wildman–Crippen MR) is 85.4 cm³/mol. The molecule has 6 heteroatoms. The van der Waals surface area contributed by atoms with Crippen molar-refractivity contribution in [1.82, 2.24) is 5.32 Å². The first-order valence-corrected chi connectivity index (χ1v) is 7.58. The molecular formula is C15H21Cl2NO3. The SMILES string of the molecule is CCCNCc1cc(Cl)cc(Cl)c1OCC(C)(C)C(=O)O. The quantitative estimate of drug-likeness (QED) is 0.706. The second kappa shape index (κ2) is 7.87. The third-order valence-corrected chi connectivity index (χ3v) is 3.48. The van der Waals surface area contributed by atoms with E-state index in [0.717, 1.165) is 18.5 Å². The highest BCUT2D eigenvalue weighted by atomic mass is 35.5. The number of nitrogens with one attached hydrogen (secondary N) is 1. The Morgan fingerprint density at radius 2 is 2.05 bits per heavy atom. The number of rotatable bonds is 8. The number of hydrogen-bond acceptors (Lipinski definition) is 3. The molecular weight excluding hydrogens is 313 g/mol. The Bertz CT molecular complexity index is 504. The van der Waals surface area contributed by atoms with Crippen molar-refractivity contribution in [1.29, 1.82) is 0 Å². The summed E-state index contributed by atoms with van der Waals surface area (Å²) in [6.07, 6.45) is 1.01. The molecule has 1 aromatic carbocycles. The van der Waals surface area contributed by atoms with Crippen LogP contribution in [0.5, 0.6) is 5.75 Å². The van der Waals surface area contributed by atoms with Crippen molar-refractivity contribution in [3.8, 4) is 5.75 Å². The smallest absolute Gasteiger partial charge is 0.312 e. The van der Waals surface area contributed by atoms with E-state index in [0.29, 0.717) is 22.3 Å². The Balaban J connectivity index is 2.91. The zero-order valence-corrected chi connectivity index (χ0v) is 14.0. The second-order valence-electron chi connectivity index (χ2n) is 5.53. The number of hydrogen-bond donors (Lipinski definition) is 2. The monoisotopic (exact) mass is 333 g/mol. The maximum atomic E-state index is 11.1. The molecule has 0 fully saturated rings. The molecule has 0 atom stereocenters. The molecule has 0 spiro atoms. The Labute approximate surface area is 135 Å². The lowest BCUT2D eigenvalue weighted by Crippen LogP contribution is -2.31. The molecule has 21 heavy (non-hydrogen) atoms. The molecule has 0 aliphatic heterocycles. The van der Waals surface area contributed by atoms with Crippen LogP contribution in [0.3, 0.4) is 0 Å². The summed E-state index contributed by atoms with van der Waals surface area (Å²) in [5.74, 6) is -0.433. The first kappa shape index (κ1) is 18.1. The van der Waals surface area contributed by atoms with Crippen molar-refractivity contribution in [2.75, 3.05) is 13.2 Å². The topological polar surface area (TPSA) is 58.6 Å². The van der Waals surface area contributed by atoms with E-state index in [1.165, 1.54) is 0 Å². The summed E-state index contributed by atoms with van der Waals surface area (Å²) >= 11 is 12.2. The zero-order valence-electron chi connectivity index (χ0n) is 12.5. The molecule has 0 saturated carbocycles. The van der Waals surface area contributed by atoms with Gasteiger partial charge in [0.05, 0.1) is 10.4 Å². The summed E-state index contributed by atoms with van der Waals surface area (Å²) in [6, 6.07) is 3.37. The molecule has 0 radical (unpaired) electrons. The average molecular weight is 334 g/mol. The van der Waals surface area contributed by atoms with Crippen molar-refractivity contribution in [3.05, 3.63) is 27.7 Å². The van der Waals surface area contributed by atoms with Gasteiger partial charge in [0.25, 0.3) is 0 Å². The van der Waals surface area contributed by atoms with Gasteiger partial charge in [0.15, 0.2) is 0 Å². The van der Waals surface area contributed by atoms with Gasteiger partial charge < -0.3 is 15.2 Å². The highest BCUT2D eigenvalue weighted by molar-refractivity contribution is 6.35. The van der Waals surface area contributed by atoms with Crippen molar-refractivity contribution in [3.63, 3.8) is 0 Å². The maximum absolute atomic E-state index is 11.1. The van der Waals surface area contributed by atoms with E-state index in [2.05, 4.69) is 12.2 Å². The second-order valence-corrected chi connectivity index (χ2v) is 6.37. The lowest BCUT2D eigenvalue weighted by molar-refractivity contribution is -0.148. The Morgan fingerprint density at radius 1 is 1.38 bits per heavy atom. The minimum atomic E-state index is -0.989. The Kier molecular flexibility index (Phi) is 6.78. The van der Waals surface area contributed by atoms with Gasteiger partial charge in [-0.25, -0.2) is 0 Å². The summed E-state index contributed by atoms with van der Waals surface area (Å²) < 4.78 is 5.67. The number of ether oxygens (including phenoxy) is 1. The number of carboxylic acid groups (broad SMARTS) is 1. The number of carbonyl (C=O) groups is 1. The minimum absolute atomic E-state index is 0.0322. The van der Waals surface area contributed by atoms with Gasteiger partial charge in [-0.2, -0.15) is 0 Å². The standard InChI is InChI=1S/C15H21Cl2NO3/c1-4-5-18-8-10-6-11(16)7-12(17)13(10)21-9-15(2,3)14(19)20/h6-7,18H,4-5,8-9H2,1-3H3,(H,19,20). The Hall–Kier alpha value is -0.970. The van der Waals surface area contributed by atoms with Crippen molar-refractivity contribution >= 4 is 29.2 Å². The third kappa shape index (κ3) is 5.38. The summed E-state index contributed by atoms with van der Waals surface area (Å²) in [6.45, 7) is 6.75. The van der Waals surface area contributed by atoms with Crippen LogP contribution in [0.25, 0.3) is 0 Å². The van der Waals surface area contributed by atoms with Crippen LogP contribution in [-0.4, -0.2) is 24.2 Å². The molecule has 0 unspecified atom stereocenters. The van der Waals surface area contributed by atoms with Crippen LogP contribution >= 0.6 is 23.2 Å². The van der Waals surface area contributed by atoms with E-state index in [1.54, 1.807) is 26.0 Å². The molecule has 0 aliphatic carbocycles. The summed E-state index contributed by atoms with van der Waals surface area (Å²) in [5.41, 5.74) is -0.168. The molecule has 118 valence electrons. The first-order chi connectivity index (χ1) is 9.77. The van der Waals surface area contributed by atoms with E-state index in [1.807, 2.05) is 0 Å². The van der Waals surface area contributed by atoms with Gasteiger partial charge in [0.2, 0.25) is 0 Å². The molecule has 1 rings (SSSR count). The van der Waals surface area contributed by atoms with Gasteiger partial charge in [-0.1, -0.05) is 30.1 Å². The number of benzene rings is 1. The highest BCUT2D eigenvalue weighted by Gasteiger charge is 2.29. The molecule has 4 nitrogen and oxygen atoms in total. The number of halogens is 2. The van der Waals surface area contributed by atoms with Crippen LogP contribution in [-0.2, 0) is 11.3 Å². The van der Waals surface area contributed by atoms with Crippen LogP contribution in [0, 0.1) is 5.41 Å². The van der Waals surface area contributed by atoms with E-state index in [4.69, 9.17) is 33.0 Å². The zero-order chi connectivity index (χ0) is 16.0. The van der Waals surface area contributed by atoms with Gasteiger partial charge in [-0.3, -0.25) is 4.79 Å². The van der Waals surface area contributed by atoms with E-state index < -0.39 is 11.4 Å². The van der Waals surface area contributed by atoms with Crippen LogP contribution in [0.4, 0.5) is 0 Å². The first-order valence-electron chi connectivity index (χ1n) is 6.82. The van der Waals surface area contributed by atoms with Gasteiger partial charge in [0, 0.05) is 17.1 Å². The molecule has 1 aromatic rings. The predicted octanol–water partition coefficient (Wildman–Crippen LogP) is 3.98. The van der Waals surface area contributed by atoms with Crippen molar-refractivity contribution in [2.45, 2.75) is 33.7 Å². The van der Waals surface area contributed by atoms with E-state index in [9.17, 15) is 4.79 Å². The fourth-order valence-corrected chi connectivity index (χ4v) is 2.21. The number of aliphatic carboxylic acids is 1. The van der Waals surface area contributed by atoms with Gasteiger partial charge in [-0.15, -0.1) is 0 Å². The molecule has 0 aliphatic rings. The van der Waals surface area contributed by atoms with Gasteiger partial charge in [-0.05, 0) is 38.9 Å². The largest absolute Gasteiger partial charge is 0.491 e. The Morgan fingerprint density at radius 3 is 2.62 bits per heavy atom. The van der Waals surface area contributed by atoms with Crippen LogP contribution in [0.1, 0.15) is 32.8 Å². The van der Waals surface area contributed by atoms with Gasteiger partial charge in [0.1, 0.15) is 12.4 Å². The van der Waals surface area contributed by atoms with E-state index in [-0.39, 0.29) is 6.61 Å². The molecule has 0 heterocycles. The minimum Gasteiger partial charge on any atom is -0.491 e. The molecule has 0 saturated heterocycles. The van der Waals surface area contributed by atoms with Gasteiger partial charge >= 0.3 is 5.97 Å². The molecule has 0 aromatic heterocycles. The summed E-state index contributed by atoms with van der Waals surface area (Å²) in [4.78, 5) is 11.1. The summed E-state index contributed by atoms with van der Waals surface area (Å²) in [7, 11) is 0. The summed E-state index contributed by atoms with van der Waals surface area (Å²) in [5, 5.41) is 13.3. The molecule has 0 bridgehead atoms. The fraction of sp³-hybridized carbons (Fsp3) is 0.533. The lowest BCUT2D eigenvalue weighted by Gasteiger charge is -2.22. The average Bonchev–Trinajstić information content (AvgIpc) is 2.37. The normalized spacial score (nSPS) is 11.5. The third-order valence-electron chi connectivity index (χ3n) is 2.98. The fourth-order valence-electron chi connectivity index (χ4n) is 1.62. The molecule has 2 N–H and O–H groups in total. The number of carboxylic acids is 1. The van der Waals surface area contributed by atoms with Crippen LogP contribution < -0.4 is 10.1 Å². The van der Waals surface area contributed by atoms with Crippen LogP contribution in [0.15, 0.2) is 12.1 Å². The lowest BCUT2D eigenvalue weighted by atomic mass is 9.95. The van der Waals surface area contributed by atoms with E-state index >= 15 is 0 Å². The van der Waals surface area contributed by atoms with Crippen molar-refractivity contribution in [2.24, 2.45) is 5.41 Å². The van der Waals surface area contributed by atoms with Crippen molar-refractivity contribution < 1.29 is 14.6 Å². The highest BCUT2D eigenvalue weighted by Crippen LogP contribution is 2.33.